The molecule has 1 atom stereocenters. The molecule has 0 bridgehead atoms. The van der Waals surface area contributed by atoms with Crippen molar-refractivity contribution in [2.45, 2.75) is 37.0 Å². The highest BCUT2D eigenvalue weighted by Gasteiger charge is 2.40. The number of ether oxygens (including phenoxy) is 3. The van der Waals surface area contributed by atoms with E-state index in [1.807, 2.05) is 72.8 Å². The van der Waals surface area contributed by atoms with E-state index < -0.39 is 0 Å². The molecule has 7 rings (SSSR count). The summed E-state index contributed by atoms with van der Waals surface area (Å²) in [5, 5.41) is 0. The summed E-state index contributed by atoms with van der Waals surface area (Å²) in [6.45, 7) is 0. The fourth-order valence-electron chi connectivity index (χ4n) is 6.76. The van der Waals surface area contributed by atoms with Gasteiger partial charge in [-0.2, -0.15) is 0 Å². The Hall–Kier alpha value is -5.88. The van der Waals surface area contributed by atoms with Gasteiger partial charge in [-0.25, -0.2) is 0 Å². The predicted molar refractivity (Wildman–Crippen MR) is 194 cm³/mol. The largest absolute Gasteiger partial charge is 0.457 e. The summed E-state index contributed by atoms with van der Waals surface area (Å²) in [5.74, 6) is 5.03. The van der Waals surface area contributed by atoms with Crippen molar-refractivity contribution in [2.75, 3.05) is 17.2 Å². The summed E-state index contributed by atoms with van der Waals surface area (Å²) < 4.78 is 18.4. The summed E-state index contributed by atoms with van der Waals surface area (Å²) in [4.78, 5) is 0. The lowest BCUT2D eigenvalue weighted by Crippen LogP contribution is -2.33. The van der Waals surface area contributed by atoms with Crippen molar-refractivity contribution in [2.24, 2.45) is 0 Å². The first-order valence-electron chi connectivity index (χ1n) is 16.3. The molecule has 0 spiro atoms. The van der Waals surface area contributed by atoms with Crippen LogP contribution in [0.5, 0.6) is 34.5 Å². The molecule has 1 aliphatic carbocycles. The van der Waals surface area contributed by atoms with Crippen LogP contribution in [0.1, 0.15) is 48.3 Å². The van der Waals surface area contributed by atoms with Gasteiger partial charge in [-0.1, -0.05) is 42.8 Å². The third kappa shape index (κ3) is 6.93. The van der Waals surface area contributed by atoms with E-state index in [0.29, 0.717) is 23.0 Å². The molecule has 6 aromatic rings. The summed E-state index contributed by atoms with van der Waals surface area (Å²) in [6.07, 6.45) is 4.23. The Morgan fingerprint density at radius 3 is 1.08 bits per heavy atom. The van der Waals surface area contributed by atoms with Crippen LogP contribution >= 0.6 is 0 Å². The van der Waals surface area contributed by atoms with Gasteiger partial charge in [0.2, 0.25) is 0 Å². The zero-order valence-electron chi connectivity index (χ0n) is 26.7. The van der Waals surface area contributed by atoms with Crippen LogP contribution in [0, 0.1) is 0 Å². The molecule has 6 N–H and O–H groups in total. The number of nitrogens with two attached hydrogens (primary N) is 3. The molecule has 0 amide bonds. The number of hydrogen-bond donors (Lipinski definition) is 3. The van der Waals surface area contributed by atoms with Crippen molar-refractivity contribution in [1.29, 1.82) is 0 Å². The van der Waals surface area contributed by atoms with E-state index in [1.54, 1.807) is 0 Å². The Bertz CT molecular complexity index is 1850. The topological polar surface area (TPSA) is 106 Å². The Kier molecular flexibility index (Phi) is 8.63. The summed E-state index contributed by atoms with van der Waals surface area (Å²) >= 11 is 0. The second kappa shape index (κ2) is 13.5. The lowest BCUT2D eigenvalue weighted by Gasteiger charge is -2.42. The second-order valence-electron chi connectivity index (χ2n) is 12.5. The van der Waals surface area contributed by atoms with E-state index >= 15 is 0 Å². The predicted octanol–water partition coefficient (Wildman–Crippen LogP) is 10.5. The summed E-state index contributed by atoms with van der Waals surface area (Å²) in [6, 6.07) is 48.1. The first-order valence-corrected chi connectivity index (χ1v) is 16.3. The molecule has 1 fully saturated rings. The van der Waals surface area contributed by atoms with Crippen LogP contribution in [0.3, 0.4) is 0 Å². The van der Waals surface area contributed by atoms with Gasteiger partial charge in [0.1, 0.15) is 34.5 Å². The lowest BCUT2D eigenvalue weighted by molar-refractivity contribution is 0.310. The number of rotatable bonds is 9. The molecule has 1 unspecified atom stereocenters. The monoisotopic (exact) mass is 633 g/mol. The molecule has 0 saturated heterocycles. The Balaban J connectivity index is 1.16. The zero-order valence-corrected chi connectivity index (χ0v) is 26.7. The van der Waals surface area contributed by atoms with Crippen molar-refractivity contribution in [3.05, 3.63) is 162 Å². The third-order valence-corrected chi connectivity index (χ3v) is 9.26. The van der Waals surface area contributed by atoms with Crippen molar-refractivity contribution in [1.82, 2.24) is 0 Å². The molecule has 240 valence electrons. The van der Waals surface area contributed by atoms with Crippen molar-refractivity contribution in [3.63, 3.8) is 0 Å². The number of anilines is 3. The molecule has 0 radical (unpaired) electrons. The molecule has 0 aliphatic heterocycles. The summed E-state index contributed by atoms with van der Waals surface area (Å²) in [7, 11) is 0. The molecule has 0 aromatic heterocycles. The maximum Gasteiger partial charge on any atom is 0.127 e. The molecule has 6 nitrogen and oxygen atoms in total. The highest BCUT2D eigenvalue weighted by atomic mass is 16.5. The lowest BCUT2D eigenvalue weighted by atomic mass is 9.61. The second-order valence-corrected chi connectivity index (χ2v) is 12.5. The van der Waals surface area contributed by atoms with Crippen LogP contribution < -0.4 is 31.4 Å². The smallest absolute Gasteiger partial charge is 0.127 e. The fourth-order valence-corrected chi connectivity index (χ4v) is 6.76. The molecule has 0 heterocycles. The maximum atomic E-state index is 6.15. The minimum atomic E-state index is -0.193. The van der Waals surface area contributed by atoms with Gasteiger partial charge in [-0.3, -0.25) is 0 Å². The Labute approximate surface area is 281 Å². The van der Waals surface area contributed by atoms with Gasteiger partial charge in [-0.15, -0.1) is 0 Å². The van der Waals surface area contributed by atoms with Gasteiger partial charge in [0.25, 0.3) is 0 Å². The Morgan fingerprint density at radius 1 is 0.417 bits per heavy atom. The Morgan fingerprint density at radius 2 is 0.729 bits per heavy atom. The van der Waals surface area contributed by atoms with Gasteiger partial charge >= 0.3 is 0 Å². The van der Waals surface area contributed by atoms with Gasteiger partial charge in [0.05, 0.1) is 0 Å². The van der Waals surface area contributed by atoms with Crippen molar-refractivity contribution < 1.29 is 14.2 Å². The highest BCUT2D eigenvalue weighted by molar-refractivity contribution is 5.49. The normalized spacial score (nSPS) is 15.4. The van der Waals surface area contributed by atoms with Gasteiger partial charge < -0.3 is 31.4 Å². The third-order valence-electron chi connectivity index (χ3n) is 9.26. The first-order chi connectivity index (χ1) is 23.4. The average Bonchev–Trinajstić information content (AvgIpc) is 3.12. The molecular weight excluding hydrogens is 594 g/mol. The van der Waals surface area contributed by atoms with Crippen LogP contribution in [0.25, 0.3) is 0 Å². The van der Waals surface area contributed by atoms with Crippen molar-refractivity contribution in [3.8, 4) is 34.5 Å². The fraction of sp³-hybridized carbons (Fsp3) is 0.143. The van der Waals surface area contributed by atoms with Gasteiger partial charge in [0.15, 0.2) is 0 Å². The molecule has 48 heavy (non-hydrogen) atoms. The van der Waals surface area contributed by atoms with E-state index in [4.69, 9.17) is 31.4 Å². The van der Waals surface area contributed by atoms with Gasteiger partial charge in [-0.05, 0) is 151 Å². The van der Waals surface area contributed by atoms with E-state index in [0.717, 1.165) is 60.2 Å². The van der Waals surface area contributed by atoms with Gasteiger partial charge in [0, 0.05) is 22.5 Å². The van der Waals surface area contributed by atoms with E-state index in [1.165, 1.54) is 16.7 Å². The molecule has 6 aromatic carbocycles. The van der Waals surface area contributed by atoms with E-state index in [-0.39, 0.29) is 5.41 Å². The van der Waals surface area contributed by atoms with Crippen LogP contribution in [0.15, 0.2) is 146 Å². The van der Waals surface area contributed by atoms with Crippen LogP contribution in [0.2, 0.25) is 0 Å². The quantitative estimate of drug-likeness (QED) is 0.137. The number of hydrogen-bond acceptors (Lipinski definition) is 6. The minimum Gasteiger partial charge on any atom is -0.457 e. The molecule has 1 aliphatic rings. The average molecular weight is 634 g/mol. The standard InChI is InChI=1S/C42H39N3O3/c43-33-9-21-39(22-10-33)46-36-15-3-29(4-16-36)30-2-1-27-42(28-30,31-5-17-37(18-6-31)47-40-23-11-34(44)12-24-40)32-7-19-38(20-8-32)48-41-25-13-35(45)14-26-41/h3-26,30H,1-2,27-28,43-45H2. The summed E-state index contributed by atoms with van der Waals surface area (Å²) in [5.41, 5.74) is 23.4. The maximum absolute atomic E-state index is 6.15. The van der Waals surface area contributed by atoms with Crippen LogP contribution in [0.4, 0.5) is 17.1 Å². The van der Waals surface area contributed by atoms with E-state index in [9.17, 15) is 0 Å². The number of benzene rings is 6. The van der Waals surface area contributed by atoms with Crippen molar-refractivity contribution >= 4 is 17.1 Å². The SMILES string of the molecule is Nc1ccc(Oc2ccc(C3CCCC(c4ccc(Oc5ccc(N)cc5)cc4)(c4ccc(Oc5ccc(N)cc5)cc4)C3)cc2)cc1. The molecule has 6 heteroatoms. The van der Waals surface area contributed by atoms with Crippen LogP contribution in [-0.4, -0.2) is 0 Å². The molecular formula is C42H39N3O3. The molecule has 1 saturated carbocycles. The van der Waals surface area contributed by atoms with Crippen LogP contribution in [-0.2, 0) is 5.41 Å². The highest BCUT2D eigenvalue weighted by Crippen LogP contribution is 2.50. The minimum absolute atomic E-state index is 0.193. The number of nitrogen functional groups attached to an aromatic ring is 3. The van der Waals surface area contributed by atoms with E-state index in [2.05, 4.69) is 72.8 Å². The zero-order chi connectivity index (χ0) is 32.9. The first kappa shape index (κ1) is 30.8.